The SMILES string of the molecule is CCNC(=NCc1ncc(CC)s1)NCC1CC1. The number of rotatable bonds is 6. The Hall–Kier alpha value is -1.10. The molecule has 0 unspecified atom stereocenters. The first-order valence-corrected chi connectivity index (χ1v) is 7.59. The van der Waals surface area contributed by atoms with Gasteiger partial charge in [0.15, 0.2) is 5.96 Å². The van der Waals surface area contributed by atoms with Gasteiger partial charge in [-0.3, -0.25) is 0 Å². The fourth-order valence-electron chi connectivity index (χ4n) is 1.64. The molecule has 0 bridgehead atoms. The van der Waals surface area contributed by atoms with Crippen LogP contribution in [-0.4, -0.2) is 24.0 Å². The predicted octanol–water partition coefficient (Wildman–Crippen LogP) is 2.17. The number of guanidine groups is 1. The predicted molar refractivity (Wildman–Crippen MR) is 77.0 cm³/mol. The van der Waals surface area contributed by atoms with Gasteiger partial charge in [-0.25, -0.2) is 9.98 Å². The Morgan fingerprint density at radius 3 is 2.89 bits per heavy atom. The molecule has 0 aromatic carbocycles. The van der Waals surface area contributed by atoms with E-state index >= 15 is 0 Å². The molecule has 1 aliphatic rings. The van der Waals surface area contributed by atoms with Gasteiger partial charge in [-0.15, -0.1) is 11.3 Å². The van der Waals surface area contributed by atoms with Gasteiger partial charge in [0, 0.05) is 24.2 Å². The molecule has 5 heteroatoms. The molecule has 0 saturated heterocycles. The van der Waals surface area contributed by atoms with Gasteiger partial charge in [0.2, 0.25) is 0 Å². The largest absolute Gasteiger partial charge is 0.357 e. The second-order valence-electron chi connectivity index (χ2n) is 4.59. The van der Waals surface area contributed by atoms with Crippen molar-refractivity contribution in [2.75, 3.05) is 13.1 Å². The third kappa shape index (κ3) is 4.29. The molecule has 1 aliphatic carbocycles. The third-order valence-electron chi connectivity index (χ3n) is 2.92. The Labute approximate surface area is 113 Å². The molecule has 1 aromatic heterocycles. The van der Waals surface area contributed by atoms with E-state index in [1.807, 2.05) is 6.20 Å². The van der Waals surface area contributed by atoms with E-state index in [1.165, 1.54) is 17.7 Å². The molecule has 2 rings (SSSR count). The molecule has 1 saturated carbocycles. The molecule has 1 heterocycles. The summed E-state index contributed by atoms with van der Waals surface area (Å²) in [5.41, 5.74) is 0. The van der Waals surface area contributed by atoms with Crippen LogP contribution in [0.15, 0.2) is 11.2 Å². The van der Waals surface area contributed by atoms with E-state index in [2.05, 4.69) is 34.5 Å². The summed E-state index contributed by atoms with van der Waals surface area (Å²) < 4.78 is 0. The smallest absolute Gasteiger partial charge is 0.191 e. The summed E-state index contributed by atoms with van der Waals surface area (Å²) in [4.78, 5) is 10.3. The molecule has 2 N–H and O–H groups in total. The lowest BCUT2D eigenvalue weighted by Crippen LogP contribution is -2.38. The number of hydrogen-bond donors (Lipinski definition) is 2. The van der Waals surface area contributed by atoms with Gasteiger partial charge >= 0.3 is 0 Å². The molecule has 0 atom stereocenters. The second-order valence-corrected chi connectivity index (χ2v) is 5.79. The number of nitrogens with one attached hydrogen (secondary N) is 2. The molecule has 0 spiro atoms. The summed E-state index contributed by atoms with van der Waals surface area (Å²) in [6.07, 6.45) is 5.74. The van der Waals surface area contributed by atoms with Crippen molar-refractivity contribution >= 4 is 17.3 Å². The minimum absolute atomic E-state index is 0.671. The van der Waals surface area contributed by atoms with E-state index < -0.39 is 0 Å². The summed E-state index contributed by atoms with van der Waals surface area (Å²) in [5.74, 6) is 1.78. The van der Waals surface area contributed by atoms with Crippen LogP contribution in [0.1, 0.15) is 36.6 Å². The van der Waals surface area contributed by atoms with E-state index in [0.717, 1.165) is 36.4 Å². The lowest BCUT2D eigenvalue weighted by atomic mass is 10.4. The van der Waals surface area contributed by atoms with E-state index in [1.54, 1.807) is 11.3 Å². The van der Waals surface area contributed by atoms with Crippen molar-refractivity contribution in [1.29, 1.82) is 0 Å². The average molecular weight is 266 g/mol. The molecule has 1 fully saturated rings. The van der Waals surface area contributed by atoms with Gasteiger partial charge in [0.25, 0.3) is 0 Å². The van der Waals surface area contributed by atoms with Crippen LogP contribution >= 0.6 is 11.3 Å². The van der Waals surface area contributed by atoms with Crippen LogP contribution in [0.2, 0.25) is 0 Å². The quantitative estimate of drug-likeness (QED) is 0.613. The Morgan fingerprint density at radius 2 is 2.28 bits per heavy atom. The fraction of sp³-hybridized carbons (Fsp3) is 0.692. The van der Waals surface area contributed by atoms with Crippen molar-refractivity contribution in [2.24, 2.45) is 10.9 Å². The van der Waals surface area contributed by atoms with Gasteiger partial charge < -0.3 is 10.6 Å². The van der Waals surface area contributed by atoms with Crippen LogP contribution < -0.4 is 10.6 Å². The molecule has 0 amide bonds. The monoisotopic (exact) mass is 266 g/mol. The van der Waals surface area contributed by atoms with E-state index in [0.29, 0.717) is 6.54 Å². The van der Waals surface area contributed by atoms with Gasteiger partial charge in [-0.05, 0) is 32.1 Å². The van der Waals surface area contributed by atoms with Crippen LogP contribution in [0, 0.1) is 5.92 Å². The highest BCUT2D eigenvalue weighted by Crippen LogP contribution is 2.27. The number of aliphatic imine (C=N–C) groups is 1. The zero-order valence-corrected chi connectivity index (χ0v) is 12.0. The molecule has 1 aromatic rings. The summed E-state index contributed by atoms with van der Waals surface area (Å²) in [6, 6.07) is 0. The fourth-order valence-corrected chi connectivity index (χ4v) is 2.42. The minimum Gasteiger partial charge on any atom is -0.357 e. The van der Waals surface area contributed by atoms with Crippen LogP contribution in [0.4, 0.5) is 0 Å². The van der Waals surface area contributed by atoms with Crippen molar-refractivity contribution in [3.05, 3.63) is 16.1 Å². The van der Waals surface area contributed by atoms with Crippen molar-refractivity contribution in [2.45, 2.75) is 39.7 Å². The minimum atomic E-state index is 0.671. The van der Waals surface area contributed by atoms with Crippen LogP contribution in [0.25, 0.3) is 0 Å². The van der Waals surface area contributed by atoms with Crippen LogP contribution in [-0.2, 0) is 13.0 Å². The molecular formula is C13H22N4S. The highest BCUT2D eigenvalue weighted by atomic mass is 32.1. The van der Waals surface area contributed by atoms with Crippen molar-refractivity contribution in [3.63, 3.8) is 0 Å². The Balaban J connectivity index is 1.85. The van der Waals surface area contributed by atoms with E-state index in [-0.39, 0.29) is 0 Å². The Bertz CT molecular complexity index is 395. The van der Waals surface area contributed by atoms with Gasteiger partial charge in [0.1, 0.15) is 5.01 Å². The van der Waals surface area contributed by atoms with Crippen molar-refractivity contribution in [1.82, 2.24) is 15.6 Å². The molecular weight excluding hydrogens is 244 g/mol. The lowest BCUT2D eigenvalue weighted by Gasteiger charge is -2.09. The summed E-state index contributed by atoms with van der Waals surface area (Å²) >= 11 is 1.76. The van der Waals surface area contributed by atoms with Gasteiger partial charge in [-0.2, -0.15) is 0 Å². The first-order valence-electron chi connectivity index (χ1n) is 6.77. The van der Waals surface area contributed by atoms with E-state index in [4.69, 9.17) is 0 Å². The molecule has 0 radical (unpaired) electrons. The maximum absolute atomic E-state index is 4.57. The number of aromatic nitrogens is 1. The molecule has 100 valence electrons. The zero-order valence-electron chi connectivity index (χ0n) is 11.2. The first kappa shape index (κ1) is 13.3. The van der Waals surface area contributed by atoms with Crippen molar-refractivity contribution < 1.29 is 0 Å². The average Bonchev–Trinajstić information content (AvgIpc) is 3.10. The Morgan fingerprint density at radius 1 is 1.44 bits per heavy atom. The molecule has 4 nitrogen and oxygen atoms in total. The highest BCUT2D eigenvalue weighted by molar-refractivity contribution is 7.11. The number of aryl methyl sites for hydroxylation is 1. The lowest BCUT2D eigenvalue weighted by molar-refractivity contribution is 0.739. The summed E-state index contributed by atoms with van der Waals surface area (Å²) in [6.45, 7) is 6.86. The van der Waals surface area contributed by atoms with Crippen LogP contribution in [0.5, 0.6) is 0 Å². The number of hydrogen-bond acceptors (Lipinski definition) is 3. The zero-order chi connectivity index (χ0) is 12.8. The third-order valence-corrected chi connectivity index (χ3v) is 4.05. The van der Waals surface area contributed by atoms with Crippen LogP contribution in [0.3, 0.4) is 0 Å². The topological polar surface area (TPSA) is 49.3 Å². The summed E-state index contributed by atoms with van der Waals surface area (Å²) in [5, 5.41) is 7.75. The number of nitrogens with zero attached hydrogens (tertiary/aromatic N) is 2. The van der Waals surface area contributed by atoms with E-state index in [9.17, 15) is 0 Å². The second kappa shape index (κ2) is 6.73. The normalized spacial score (nSPS) is 15.8. The standard InChI is InChI=1S/C13H22N4S/c1-3-11-8-15-12(18-11)9-17-13(14-4-2)16-7-10-5-6-10/h8,10H,3-7,9H2,1-2H3,(H2,14,16,17). The first-order chi connectivity index (χ1) is 8.81. The molecule has 0 aliphatic heterocycles. The summed E-state index contributed by atoms with van der Waals surface area (Å²) in [7, 11) is 0. The number of thiazole rings is 1. The molecule has 18 heavy (non-hydrogen) atoms. The maximum atomic E-state index is 4.57. The van der Waals surface area contributed by atoms with Gasteiger partial charge in [0.05, 0.1) is 6.54 Å². The Kier molecular flexibility index (Phi) is 4.99. The van der Waals surface area contributed by atoms with Crippen molar-refractivity contribution in [3.8, 4) is 0 Å². The maximum Gasteiger partial charge on any atom is 0.191 e. The highest BCUT2D eigenvalue weighted by Gasteiger charge is 2.20. The van der Waals surface area contributed by atoms with Gasteiger partial charge in [-0.1, -0.05) is 6.92 Å².